The molecule has 1 aliphatic rings. The monoisotopic (exact) mass is 347 g/mol. The van der Waals surface area contributed by atoms with Gasteiger partial charge in [0.05, 0.1) is 15.7 Å². The lowest BCUT2D eigenvalue weighted by Crippen LogP contribution is -2.56. The average molecular weight is 348 g/mol. The Bertz CT molecular complexity index is 501. The van der Waals surface area contributed by atoms with Crippen molar-refractivity contribution < 1.29 is 13.5 Å². The number of ether oxygens (including phenoxy) is 1. The summed E-state index contributed by atoms with van der Waals surface area (Å²) in [5.41, 5.74) is -0.561. The van der Waals surface area contributed by atoms with Gasteiger partial charge in [-0.05, 0) is 55.8 Å². The fraction of sp³-hybridized carbons (Fsp3) is 0.600. The summed E-state index contributed by atoms with van der Waals surface area (Å²) >= 11 is 3.11. The summed E-state index contributed by atoms with van der Waals surface area (Å²) < 4.78 is 34.2. The van der Waals surface area contributed by atoms with Gasteiger partial charge in [0.1, 0.15) is 11.6 Å². The van der Waals surface area contributed by atoms with Gasteiger partial charge in [-0.3, -0.25) is 4.90 Å². The Labute approximate surface area is 127 Å². The Kier molecular flexibility index (Phi) is 4.24. The van der Waals surface area contributed by atoms with Crippen LogP contribution in [0.15, 0.2) is 16.6 Å². The molecular formula is C15H20BrF2NO. The van der Waals surface area contributed by atoms with Crippen molar-refractivity contribution in [1.29, 1.82) is 0 Å². The van der Waals surface area contributed by atoms with E-state index < -0.39 is 11.6 Å². The summed E-state index contributed by atoms with van der Waals surface area (Å²) in [4.78, 5) is 2.04. The molecule has 0 aliphatic carbocycles. The lowest BCUT2D eigenvalue weighted by Gasteiger charge is -2.47. The number of hydrogen-bond acceptors (Lipinski definition) is 2. The largest absolute Gasteiger partial charge is 0.367 e. The Morgan fingerprint density at radius 2 is 1.70 bits per heavy atom. The van der Waals surface area contributed by atoms with Gasteiger partial charge in [-0.1, -0.05) is 0 Å². The minimum absolute atomic E-state index is 0.105. The summed E-state index contributed by atoms with van der Waals surface area (Å²) in [5.74, 6) is -1.03. The minimum atomic E-state index is -0.521. The van der Waals surface area contributed by atoms with Crippen molar-refractivity contribution in [3.05, 3.63) is 33.8 Å². The van der Waals surface area contributed by atoms with Crippen LogP contribution in [0.5, 0.6) is 0 Å². The second-order valence-electron chi connectivity index (χ2n) is 6.59. The van der Waals surface area contributed by atoms with Gasteiger partial charge in [0.25, 0.3) is 0 Å². The maximum Gasteiger partial charge on any atom is 0.144 e. The second kappa shape index (κ2) is 5.35. The highest BCUT2D eigenvalue weighted by molar-refractivity contribution is 9.10. The first-order valence-electron chi connectivity index (χ1n) is 6.65. The van der Waals surface area contributed by atoms with E-state index >= 15 is 0 Å². The zero-order valence-corrected chi connectivity index (χ0v) is 13.9. The van der Waals surface area contributed by atoms with Crippen molar-refractivity contribution in [2.45, 2.75) is 45.4 Å². The topological polar surface area (TPSA) is 12.5 Å². The van der Waals surface area contributed by atoms with Gasteiger partial charge in [-0.2, -0.15) is 0 Å². The average Bonchev–Trinajstić information content (AvgIpc) is 2.25. The number of benzene rings is 1. The first kappa shape index (κ1) is 15.9. The molecule has 1 aliphatic heterocycles. The highest BCUT2D eigenvalue weighted by atomic mass is 79.9. The van der Waals surface area contributed by atoms with Gasteiger partial charge in [0.2, 0.25) is 0 Å². The van der Waals surface area contributed by atoms with Gasteiger partial charge < -0.3 is 4.74 Å². The molecule has 0 unspecified atom stereocenters. The highest BCUT2D eigenvalue weighted by Gasteiger charge is 2.38. The van der Waals surface area contributed by atoms with E-state index in [0.717, 1.165) is 0 Å². The molecule has 1 fully saturated rings. The van der Waals surface area contributed by atoms with Gasteiger partial charge in [-0.25, -0.2) is 8.78 Å². The molecular weight excluding hydrogens is 328 g/mol. The normalized spacial score (nSPS) is 21.9. The van der Waals surface area contributed by atoms with Crippen molar-refractivity contribution in [1.82, 2.24) is 4.90 Å². The minimum Gasteiger partial charge on any atom is -0.367 e. The fourth-order valence-electron chi connectivity index (χ4n) is 2.99. The van der Waals surface area contributed by atoms with Crippen LogP contribution in [-0.4, -0.2) is 29.2 Å². The van der Waals surface area contributed by atoms with E-state index in [1.54, 1.807) is 0 Å². The van der Waals surface area contributed by atoms with Crippen LogP contribution in [0.2, 0.25) is 0 Å². The predicted octanol–water partition coefficient (Wildman–Crippen LogP) is 4.12. The van der Waals surface area contributed by atoms with Gasteiger partial charge in [0, 0.05) is 25.2 Å². The molecule has 0 amide bonds. The zero-order chi connectivity index (χ0) is 15.1. The Morgan fingerprint density at radius 3 is 2.25 bits per heavy atom. The molecule has 0 bridgehead atoms. The Hall–Kier alpha value is -0.520. The summed E-state index contributed by atoms with van der Waals surface area (Å²) in [6.07, 6.45) is 0. The van der Waals surface area contributed by atoms with Crippen LogP contribution in [-0.2, 0) is 11.3 Å². The second-order valence-corrected chi connectivity index (χ2v) is 7.44. The van der Waals surface area contributed by atoms with Crippen LogP contribution in [0.3, 0.4) is 0 Å². The maximum atomic E-state index is 14.1. The zero-order valence-electron chi connectivity index (χ0n) is 12.3. The standard InChI is InChI=1S/C15H20BrF2NO/c1-14(2)8-19(9-15(3,4)20-14)7-10-12(17)6-5-11(16)13(10)18/h5-6H,7-9H2,1-4H3. The third-order valence-corrected chi connectivity index (χ3v) is 3.89. The Morgan fingerprint density at radius 1 is 1.15 bits per heavy atom. The van der Waals surface area contributed by atoms with Crippen molar-refractivity contribution in [3.63, 3.8) is 0 Å². The van der Waals surface area contributed by atoms with Crippen LogP contribution in [0.25, 0.3) is 0 Å². The SMILES string of the molecule is CC1(C)CN(Cc2c(F)ccc(Br)c2F)CC(C)(C)O1. The quantitative estimate of drug-likeness (QED) is 0.746. The van der Waals surface area contributed by atoms with E-state index in [1.165, 1.54) is 12.1 Å². The number of halogens is 3. The highest BCUT2D eigenvalue weighted by Crippen LogP contribution is 2.30. The third-order valence-electron chi connectivity index (χ3n) is 3.28. The van der Waals surface area contributed by atoms with Crippen LogP contribution >= 0.6 is 15.9 Å². The van der Waals surface area contributed by atoms with Crippen molar-refractivity contribution in [2.24, 2.45) is 0 Å². The lowest BCUT2D eigenvalue weighted by atomic mass is 9.98. The van der Waals surface area contributed by atoms with E-state index in [9.17, 15) is 8.78 Å². The van der Waals surface area contributed by atoms with E-state index in [0.29, 0.717) is 17.6 Å². The molecule has 0 atom stereocenters. The predicted molar refractivity (Wildman–Crippen MR) is 78.6 cm³/mol. The van der Waals surface area contributed by atoms with Crippen molar-refractivity contribution in [2.75, 3.05) is 13.1 Å². The summed E-state index contributed by atoms with van der Waals surface area (Å²) in [6.45, 7) is 9.50. The third kappa shape index (κ3) is 3.57. The summed E-state index contributed by atoms with van der Waals surface area (Å²) in [7, 11) is 0. The molecule has 0 spiro atoms. The summed E-state index contributed by atoms with van der Waals surface area (Å²) in [5, 5.41) is 0. The molecule has 112 valence electrons. The number of nitrogens with zero attached hydrogens (tertiary/aromatic N) is 1. The fourth-order valence-corrected chi connectivity index (χ4v) is 3.37. The van der Waals surface area contributed by atoms with Crippen molar-refractivity contribution >= 4 is 15.9 Å². The van der Waals surface area contributed by atoms with Gasteiger partial charge in [-0.15, -0.1) is 0 Å². The van der Waals surface area contributed by atoms with Crippen LogP contribution in [0.1, 0.15) is 33.3 Å². The molecule has 20 heavy (non-hydrogen) atoms. The Balaban J connectivity index is 2.24. The van der Waals surface area contributed by atoms with Gasteiger partial charge >= 0.3 is 0 Å². The first-order chi connectivity index (χ1) is 9.10. The van der Waals surface area contributed by atoms with Crippen LogP contribution in [0.4, 0.5) is 8.78 Å². The summed E-state index contributed by atoms with van der Waals surface area (Å²) in [6, 6.07) is 2.68. The molecule has 0 radical (unpaired) electrons. The smallest absolute Gasteiger partial charge is 0.144 e. The number of morpholine rings is 1. The molecule has 2 nitrogen and oxygen atoms in total. The molecule has 5 heteroatoms. The number of rotatable bonds is 2. The van der Waals surface area contributed by atoms with Crippen LogP contribution in [0, 0.1) is 11.6 Å². The molecule has 0 saturated carbocycles. The van der Waals surface area contributed by atoms with Gasteiger partial charge in [0.15, 0.2) is 0 Å². The van der Waals surface area contributed by atoms with Crippen molar-refractivity contribution in [3.8, 4) is 0 Å². The molecule has 1 saturated heterocycles. The lowest BCUT2D eigenvalue weighted by molar-refractivity contribution is -0.182. The molecule has 0 aromatic heterocycles. The van der Waals surface area contributed by atoms with Crippen LogP contribution < -0.4 is 0 Å². The molecule has 1 aromatic rings. The number of hydrogen-bond donors (Lipinski definition) is 0. The van der Waals surface area contributed by atoms with E-state index in [-0.39, 0.29) is 23.3 Å². The van der Waals surface area contributed by atoms with E-state index in [4.69, 9.17) is 4.74 Å². The van der Waals surface area contributed by atoms with E-state index in [2.05, 4.69) is 15.9 Å². The maximum absolute atomic E-state index is 14.1. The molecule has 1 aromatic carbocycles. The molecule has 2 rings (SSSR count). The molecule has 0 N–H and O–H groups in total. The van der Waals surface area contributed by atoms with E-state index in [1.807, 2.05) is 32.6 Å². The molecule has 1 heterocycles. The first-order valence-corrected chi connectivity index (χ1v) is 7.44.